The molecule has 0 bridgehead atoms. The topological polar surface area (TPSA) is 66.5 Å². The third-order valence-electron chi connectivity index (χ3n) is 4.76. The predicted molar refractivity (Wildman–Crippen MR) is 120 cm³/mol. The lowest BCUT2D eigenvalue weighted by Gasteiger charge is -2.28. The zero-order chi connectivity index (χ0) is 21.6. The molecular weight excluding hydrogens is 408 g/mol. The van der Waals surface area contributed by atoms with Crippen LogP contribution in [0.2, 0.25) is 5.02 Å². The molecule has 2 aromatic carbocycles. The number of rotatable bonds is 9. The van der Waals surface area contributed by atoms with Crippen LogP contribution in [0.5, 0.6) is 0 Å². The van der Waals surface area contributed by atoms with Crippen molar-refractivity contribution in [3.05, 3.63) is 64.7 Å². The highest BCUT2D eigenvalue weighted by atomic mass is 35.5. The van der Waals surface area contributed by atoms with E-state index >= 15 is 0 Å². The molecule has 0 aliphatic rings. The van der Waals surface area contributed by atoms with E-state index in [2.05, 4.69) is 43.4 Å². The number of hydrogen-bond acceptors (Lipinski definition) is 3. The Labute approximate surface area is 179 Å². The Morgan fingerprint density at radius 3 is 2.14 bits per heavy atom. The first-order chi connectivity index (χ1) is 13.6. The molecule has 2 rings (SSSR count). The third-order valence-corrected chi connectivity index (χ3v) is 6.25. The lowest BCUT2D eigenvalue weighted by molar-refractivity contribution is -0.121. The summed E-state index contributed by atoms with van der Waals surface area (Å²) < 4.78 is 25.6. The van der Waals surface area contributed by atoms with Gasteiger partial charge in [0.05, 0.1) is 11.9 Å². The van der Waals surface area contributed by atoms with E-state index in [1.807, 2.05) is 0 Å². The molecule has 0 unspecified atom stereocenters. The summed E-state index contributed by atoms with van der Waals surface area (Å²) in [5, 5.41) is 3.35. The highest BCUT2D eigenvalue weighted by Gasteiger charge is 2.28. The van der Waals surface area contributed by atoms with Crippen molar-refractivity contribution in [3.63, 3.8) is 0 Å². The maximum Gasteiger partial charge on any atom is 0.243 e. The monoisotopic (exact) mass is 436 g/mol. The Hall–Kier alpha value is -2.05. The number of sulfonamides is 1. The van der Waals surface area contributed by atoms with Crippen LogP contribution in [0.15, 0.2) is 48.5 Å². The molecular formula is C22H29ClN2O3S. The van der Waals surface area contributed by atoms with E-state index in [4.69, 9.17) is 11.6 Å². The molecule has 0 radical (unpaired) electrons. The minimum atomic E-state index is -3.63. The Bertz CT molecular complexity index is 910. The fourth-order valence-electron chi connectivity index (χ4n) is 3.12. The summed E-state index contributed by atoms with van der Waals surface area (Å²) >= 11 is 5.88. The summed E-state index contributed by atoms with van der Waals surface area (Å²) in [5.41, 5.74) is 2.93. The molecule has 0 saturated carbocycles. The molecule has 7 heteroatoms. The van der Waals surface area contributed by atoms with Gasteiger partial charge >= 0.3 is 0 Å². The van der Waals surface area contributed by atoms with E-state index in [0.29, 0.717) is 23.2 Å². The smallest absolute Gasteiger partial charge is 0.243 e. The molecule has 1 atom stereocenters. The number of nitrogens with zero attached hydrogens (tertiary/aromatic N) is 1. The molecule has 158 valence electrons. The SMILES string of the molecule is CC(C)c1ccc(CCCNC(=O)[C@H](C)N(c2ccc(Cl)cc2)S(C)(=O)=O)cc1. The maximum absolute atomic E-state index is 12.6. The second kappa shape index (κ2) is 10.1. The van der Waals surface area contributed by atoms with Crippen LogP contribution >= 0.6 is 11.6 Å². The fraction of sp³-hybridized carbons (Fsp3) is 0.409. The first-order valence-corrected chi connectivity index (χ1v) is 11.9. The van der Waals surface area contributed by atoms with E-state index in [-0.39, 0.29) is 5.91 Å². The van der Waals surface area contributed by atoms with Crippen molar-refractivity contribution in [3.8, 4) is 0 Å². The molecule has 0 aliphatic heterocycles. The van der Waals surface area contributed by atoms with Crippen molar-refractivity contribution in [1.29, 1.82) is 0 Å². The Morgan fingerprint density at radius 2 is 1.62 bits per heavy atom. The second-order valence-corrected chi connectivity index (χ2v) is 9.80. The Balaban J connectivity index is 1.93. The summed E-state index contributed by atoms with van der Waals surface area (Å²) in [6.45, 7) is 6.38. The molecule has 0 heterocycles. The van der Waals surface area contributed by atoms with Crippen LogP contribution in [-0.4, -0.2) is 33.2 Å². The number of benzene rings is 2. The maximum atomic E-state index is 12.6. The van der Waals surface area contributed by atoms with Gasteiger partial charge in [0.15, 0.2) is 0 Å². The highest BCUT2D eigenvalue weighted by Crippen LogP contribution is 2.23. The van der Waals surface area contributed by atoms with Gasteiger partial charge in [-0.25, -0.2) is 8.42 Å². The largest absolute Gasteiger partial charge is 0.354 e. The fourth-order valence-corrected chi connectivity index (χ4v) is 4.42. The third kappa shape index (κ3) is 6.75. The number of hydrogen-bond donors (Lipinski definition) is 1. The van der Waals surface area contributed by atoms with Crippen molar-refractivity contribution < 1.29 is 13.2 Å². The van der Waals surface area contributed by atoms with Crippen molar-refractivity contribution in [2.24, 2.45) is 0 Å². The summed E-state index contributed by atoms with van der Waals surface area (Å²) in [6, 6.07) is 14.0. The van der Waals surface area contributed by atoms with Gasteiger partial charge in [-0.3, -0.25) is 9.10 Å². The molecule has 2 aromatic rings. The van der Waals surface area contributed by atoms with Gasteiger partial charge in [-0.05, 0) is 61.1 Å². The molecule has 1 N–H and O–H groups in total. The molecule has 0 spiro atoms. The molecule has 29 heavy (non-hydrogen) atoms. The van der Waals surface area contributed by atoms with Crippen LogP contribution in [0.4, 0.5) is 5.69 Å². The predicted octanol–water partition coefficient (Wildman–Crippen LogP) is 4.37. The van der Waals surface area contributed by atoms with Crippen LogP contribution in [-0.2, 0) is 21.2 Å². The number of halogens is 1. The number of anilines is 1. The Morgan fingerprint density at radius 1 is 1.03 bits per heavy atom. The van der Waals surface area contributed by atoms with Gasteiger partial charge < -0.3 is 5.32 Å². The zero-order valence-corrected chi connectivity index (χ0v) is 18.9. The number of aryl methyl sites for hydroxylation is 1. The molecule has 0 fully saturated rings. The van der Waals surface area contributed by atoms with Gasteiger partial charge in [0.2, 0.25) is 15.9 Å². The quantitative estimate of drug-likeness (QED) is 0.593. The van der Waals surface area contributed by atoms with E-state index < -0.39 is 16.1 Å². The van der Waals surface area contributed by atoms with Gasteiger partial charge in [0.1, 0.15) is 6.04 Å². The lowest BCUT2D eigenvalue weighted by Crippen LogP contribution is -2.48. The van der Waals surface area contributed by atoms with Crippen LogP contribution in [0, 0.1) is 0 Å². The molecule has 0 aliphatic carbocycles. The van der Waals surface area contributed by atoms with Gasteiger partial charge in [-0.1, -0.05) is 49.7 Å². The van der Waals surface area contributed by atoms with Crippen LogP contribution in [0.3, 0.4) is 0 Å². The van der Waals surface area contributed by atoms with E-state index in [0.717, 1.165) is 23.4 Å². The number of nitrogens with one attached hydrogen (secondary N) is 1. The molecule has 0 saturated heterocycles. The minimum Gasteiger partial charge on any atom is -0.354 e. The molecule has 1 amide bonds. The highest BCUT2D eigenvalue weighted by molar-refractivity contribution is 7.92. The van der Waals surface area contributed by atoms with Gasteiger partial charge in [-0.15, -0.1) is 0 Å². The Kier molecular flexibility index (Phi) is 8.11. The van der Waals surface area contributed by atoms with Crippen molar-refractivity contribution in [1.82, 2.24) is 5.32 Å². The number of carbonyl (C=O) groups is 1. The summed E-state index contributed by atoms with van der Waals surface area (Å²) in [5.74, 6) is 0.170. The standard InChI is InChI=1S/C22H29ClN2O3S/c1-16(2)19-9-7-18(8-10-19)6-5-15-24-22(26)17(3)25(29(4,27)28)21-13-11-20(23)12-14-21/h7-14,16-17H,5-6,15H2,1-4H3,(H,24,26)/t17-/m0/s1. The lowest BCUT2D eigenvalue weighted by atomic mass is 10.0. The normalized spacial score (nSPS) is 12.6. The average molecular weight is 437 g/mol. The zero-order valence-electron chi connectivity index (χ0n) is 17.4. The van der Waals surface area contributed by atoms with Crippen molar-refractivity contribution in [2.45, 2.75) is 45.6 Å². The van der Waals surface area contributed by atoms with Crippen LogP contribution in [0.1, 0.15) is 44.2 Å². The first-order valence-electron chi connectivity index (χ1n) is 9.71. The first kappa shape index (κ1) is 23.2. The molecule has 0 aromatic heterocycles. The van der Waals surface area contributed by atoms with Crippen LogP contribution in [0.25, 0.3) is 0 Å². The minimum absolute atomic E-state index is 0.333. The number of carbonyl (C=O) groups excluding carboxylic acids is 1. The summed E-state index contributed by atoms with van der Waals surface area (Å²) in [7, 11) is -3.63. The van der Waals surface area contributed by atoms with Crippen molar-refractivity contribution >= 4 is 33.2 Å². The second-order valence-electron chi connectivity index (χ2n) is 7.50. The number of amides is 1. The van der Waals surface area contributed by atoms with Gasteiger partial charge in [0, 0.05) is 11.6 Å². The van der Waals surface area contributed by atoms with Gasteiger partial charge in [0.25, 0.3) is 0 Å². The van der Waals surface area contributed by atoms with E-state index in [9.17, 15) is 13.2 Å². The van der Waals surface area contributed by atoms with E-state index in [1.165, 1.54) is 11.1 Å². The summed E-state index contributed by atoms with van der Waals surface area (Å²) in [4.78, 5) is 12.6. The van der Waals surface area contributed by atoms with Crippen molar-refractivity contribution in [2.75, 3.05) is 17.1 Å². The van der Waals surface area contributed by atoms with Gasteiger partial charge in [-0.2, -0.15) is 0 Å². The van der Waals surface area contributed by atoms with E-state index in [1.54, 1.807) is 31.2 Å². The average Bonchev–Trinajstić information content (AvgIpc) is 2.66. The molecule has 5 nitrogen and oxygen atoms in total. The summed E-state index contributed by atoms with van der Waals surface area (Å²) in [6.07, 6.45) is 2.71. The van der Waals surface area contributed by atoms with Crippen LogP contribution < -0.4 is 9.62 Å².